The first-order valence-electron chi connectivity index (χ1n) is 10.1. The molecule has 0 bridgehead atoms. The molecule has 0 unspecified atom stereocenters. The molecule has 164 valence electrons. The number of thioether (sulfide) groups is 1. The third-order valence-corrected chi connectivity index (χ3v) is 6.35. The number of halogens is 1. The van der Waals surface area contributed by atoms with Crippen LogP contribution in [0.2, 0.25) is 5.02 Å². The Morgan fingerprint density at radius 1 is 1.42 bits per heavy atom. The van der Waals surface area contributed by atoms with Gasteiger partial charge in [0.05, 0.1) is 17.3 Å². The molecule has 1 amide bonds. The molecule has 0 saturated carbocycles. The maximum atomic E-state index is 12.4. The zero-order valence-electron chi connectivity index (χ0n) is 17.3. The quantitative estimate of drug-likeness (QED) is 0.332. The fourth-order valence-corrected chi connectivity index (χ4v) is 4.91. The lowest BCUT2D eigenvalue weighted by molar-refractivity contribution is -0.121. The molecule has 31 heavy (non-hydrogen) atoms. The Hall–Kier alpha value is -2.10. The van der Waals surface area contributed by atoms with E-state index in [9.17, 15) is 4.79 Å². The SMILES string of the molecule is CSc1nccc(-c2cc(Cl)c3c(c2)C[C@@H](CNC(=O)C[C@@H]2C[C@@H](C)NC(=S)N2)O3)n1. The Morgan fingerprint density at radius 2 is 2.26 bits per heavy atom. The zero-order valence-corrected chi connectivity index (χ0v) is 19.7. The van der Waals surface area contributed by atoms with E-state index in [1.807, 2.05) is 18.4 Å². The fraction of sp³-hybridized carbons (Fsp3) is 0.429. The molecule has 2 aromatic rings. The molecule has 2 aliphatic rings. The smallest absolute Gasteiger partial charge is 0.222 e. The highest BCUT2D eigenvalue weighted by Gasteiger charge is 2.28. The fourth-order valence-electron chi connectivity index (χ4n) is 3.90. The molecule has 3 heterocycles. The lowest BCUT2D eigenvalue weighted by Crippen LogP contribution is -2.54. The van der Waals surface area contributed by atoms with Crippen molar-refractivity contribution >= 4 is 46.6 Å². The molecule has 1 saturated heterocycles. The number of hydrogen-bond donors (Lipinski definition) is 3. The second-order valence-electron chi connectivity index (χ2n) is 7.78. The van der Waals surface area contributed by atoms with Crippen molar-refractivity contribution in [3.8, 4) is 17.0 Å². The lowest BCUT2D eigenvalue weighted by atomic mass is 10.0. The van der Waals surface area contributed by atoms with E-state index in [1.54, 1.807) is 6.20 Å². The Labute approximate surface area is 196 Å². The van der Waals surface area contributed by atoms with E-state index >= 15 is 0 Å². The molecule has 7 nitrogen and oxygen atoms in total. The Balaban J connectivity index is 1.35. The summed E-state index contributed by atoms with van der Waals surface area (Å²) in [6.07, 6.45) is 5.43. The van der Waals surface area contributed by atoms with Crippen molar-refractivity contribution in [2.24, 2.45) is 0 Å². The van der Waals surface area contributed by atoms with Crippen LogP contribution in [-0.4, -0.2) is 52.0 Å². The van der Waals surface area contributed by atoms with Crippen LogP contribution in [0.3, 0.4) is 0 Å². The van der Waals surface area contributed by atoms with Crippen LogP contribution in [0.4, 0.5) is 0 Å². The van der Waals surface area contributed by atoms with E-state index < -0.39 is 0 Å². The number of nitrogens with zero attached hydrogens (tertiary/aromatic N) is 2. The highest BCUT2D eigenvalue weighted by molar-refractivity contribution is 7.98. The third-order valence-electron chi connectivity index (χ3n) is 5.27. The molecular weight excluding hydrogens is 454 g/mol. The van der Waals surface area contributed by atoms with Crippen molar-refractivity contribution in [3.05, 3.63) is 35.0 Å². The van der Waals surface area contributed by atoms with Gasteiger partial charge in [0.15, 0.2) is 10.3 Å². The summed E-state index contributed by atoms with van der Waals surface area (Å²) in [6.45, 7) is 2.48. The van der Waals surface area contributed by atoms with E-state index in [-0.39, 0.29) is 24.1 Å². The summed E-state index contributed by atoms with van der Waals surface area (Å²) < 4.78 is 6.02. The number of ether oxygens (including phenoxy) is 1. The molecule has 10 heteroatoms. The molecule has 3 atom stereocenters. The average molecular weight is 478 g/mol. The molecule has 0 spiro atoms. The number of carbonyl (C=O) groups excluding carboxylic acids is 1. The second kappa shape index (κ2) is 9.58. The Morgan fingerprint density at radius 3 is 3.03 bits per heavy atom. The number of aromatic nitrogens is 2. The number of hydrogen-bond acceptors (Lipinski definition) is 6. The molecule has 0 radical (unpaired) electrons. The van der Waals surface area contributed by atoms with Gasteiger partial charge in [-0.3, -0.25) is 4.79 Å². The summed E-state index contributed by atoms with van der Waals surface area (Å²) in [7, 11) is 0. The van der Waals surface area contributed by atoms with Crippen LogP contribution in [0.5, 0.6) is 5.75 Å². The first-order valence-corrected chi connectivity index (χ1v) is 12.1. The standard InChI is InChI=1S/C21H24ClN5O2S2/c1-11-5-14(26-20(30)25-11)9-18(28)24-10-15-7-13-6-12(8-16(22)19(13)29-15)17-3-4-23-21(27-17)31-2/h3-4,6,8,11,14-15H,5,7,9-10H2,1-2H3,(H,24,28)(H2,25,26,30)/t11-,14+,15+/m1/s1. The minimum absolute atomic E-state index is 0.0219. The lowest BCUT2D eigenvalue weighted by Gasteiger charge is -2.30. The van der Waals surface area contributed by atoms with Gasteiger partial charge >= 0.3 is 0 Å². The van der Waals surface area contributed by atoms with E-state index in [0.29, 0.717) is 40.4 Å². The number of fused-ring (bicyclic) bond motifs is 1. The van der Waals surface area contributed by atoms with Crippen LogP contribution in [0, 0.1) is 0 Å². The molecule has 3 N–H and O–H groups in total. The maximum absolute atomic E-state index is 12.4. The number of amides is 1. The topological polar surface area (TPSA) is 88.2 Å². The van der Waals surface area contributed by atoms with E-state index in [1.165, 1.54) is 11.8 Å². The summed E-state index contributed by atoms with van der Waals surface area (Å²) in [5.74, 6) is 0.661. The molecule has 2 aliphatic heterocycles. The van der Waals surface area contributed by atoms with Crippen molar-refractivity contribution in [2.75, 3.05) is 12.8 Å². The monoisotopic (exact) mass is 477 g/mol. The van der Waals surface area contributed by atoms with Gasteiger partial charge < -0.3 is 20.7 Å². The van der Waals surface area contributed by atoms with Gasteiger partial charge in [0.2, 0.25) is 5.91 Å². The first kappa shape index (κ1) is 22.1. The summed E-state index contributed by atoms with van der Waals surface area (Å²) >= 11 is 13.2. The van der Waals surface area contributed by atoms with Crippen LogP contribution in [0.1, 0.15) is 25.3 Å². The van der Waals surface area contributed by atoms with Crippen LogP contribution < -0.4 is 20.7 Å². The molecule has 4 rings (SSSR count). The minimum atomic E-state index is -0.153. The van der Waals surface area contributed by atoms with Crippen molar-refractivity contribution in [3.63, 3.8) is 0 Å². The summed E-state index contributed by atoms with van der Waals surface area (Å²) in [5.41, 5.74) is 2.77. The molecular formula is C21H24ClN5O2S2. The largest absolute Gasteiger partial charge is 0.486 e. The summed E-state index contributed by atoms with van der Waals surface area (Å²) in [5, 5.41) is 11.1. The number of nitrogens with one attached hydrogen (secondary N) is 3. The van der Waals surface area contributed by atoms with Gasteiger partial charge in [0.1, 0.15) is 11.9 Å². The first-order chi connectivity index (χ1) is 14.9. The predicted molar refractivity (Wildman–Crippen MR) is 127 cm³/mol. The highest BCUT2D eigenvalue weighted by atomic mass is 35.5. The van der Waals surface area contributed by atoms with Gasteiger partial charge in [-0.15, -0.1) is 0 Å². The van der Waals surface area contributed by atoms with Crippen LogP contribution in [-0.2, 0) is 11.2 Å². The molecule has 1 fully saturated rings. The molecule has 1 aromatic carbocycles. The Kier molecular flexibility index (Phi) is 6.83. The van der Waals surface area contributed by atoms with E-state index in [2.05, 4.69) is 38.9 Å². The van der Waals surface area contributed by atoms with Gasteiger partial charge in [-0.2, -0.15) is 0 Å². The normalized spacial score (nSPS) is 22.2. The highest BCUT2D eigenvalue weighted by Crippen LogP contribution is 2.39. The number of benzene rings is 1. The van der Waals surface area contributed by atoms with Crippen LogP contribution in [0.25, 0.3) is 11.3 Å². The maximum Gasteiger partial charge on any atom is 0.222 e. The number of carbonyl (C=O) groups is 1. The molecule has 1 aromatic heterocycles. The van der Waals surface area contributed by atoms with Gasteiger partial charge in [0.25, 0.3) is 0 Å². The Bertz CT molecular complexity index is 1010. The van der Waals surface area contributed by atoms with Gasteiger partial charge in [-0.05, 0) is 50.0 Å². The second-order valence-corrected chi connectivity index (χ2v) is 9.37. The van der Waals surface area contributed by atoms with E-state index in [4.69, 9.17) is 28.6 Å². The van der Waals surface area contributed by atoms with Crippen molar-refractivity contribution in [1.82, 2.24) is 25.9 Å². The predicted octanol–water partition coefficient (Wildman–Crippen LogP) is 2.95. The minimum Gasteiger partial charge on any atom is -0.486 e. The number of rotatable bonds is 6. The number of thiocarbonyl (C=S) groups is 1. The zero-order chi connectivity index (χ0) is 22.0. The van der Waals surface area contributed by atoms with Gasteiger partial charge in [0, 0.05) is 42.2 Å². The third kappa shape index (κ3) is 5.39. The molecule has 0 aliphatic carbocycles. The van der Waals surface area contributed by atoms with Crippen molar-refractivity contribution in [2.45, 2.75) is 49.5 Å². The van der Waals surface area contributed by atoms with Crippen molar-refractivity contribution < 1.29 is 9.53 Å². The average Bonchev–Trinajstić information content (AvgIpc) is 3.15. The van der Waals surface area contributed by atoms with Crippen LogP contribution in [0.15, 0.2) is 29.6 Å². The summed E-state index contributed by atoms with van der Waals surface area (Å²) in [4.78, 5) is 21.2. The summed E-state index contributed by atoms with van der Waals surface area (Å²) in [6, 6.07) is 6.09. The van der Waals surface area contributed by atoms with Crippen molar-refractivity contribution in [1.29, 1.82) is 0 Å². The van der Waals surface area contributed by atoms with Gasteiger partial charge in [-0.1, -0.05) is 23.4 Å². The van der Waals surface area contributed by atoms with Gasteiger partial charge in [-0.25, -0.2) is 9.97 Å². The van der Waals surface area contributed by atoms with Crippen LogP contribution >= 0.6 is 35.6 Å². The van der Waals surface area contributed by atoms with E-state index in [0.717, 1.165) is 23.2 Å².